The highest BCUT2D eigenvalue weighted by Gasteiger charge is 2.18. The van der Waals surface area contributed by atoms with Gasteiger partial charge in [0.05, 0.1) is 6.67 Å². The standard InChI is InChI=1S/C6H9N5/c1-11-3-10-4-5(7)8-2-9-6(4)11/h2,10H,3H2,1H3,(H2,7,8,9). The van der Waals surface area contributed by atoms with Gasteiger partial charge in [-0.3, -0.25) is 0 Å². The van der Waals surface area contributed by atoms with Gasteiger partial charge >= 0.3 is 0 Å². The van der Waals surface area contributed by atoms with Gasteiger partial charge < -0.3 is 16.0 Å². The smallest absolute Gasteiger partial charge is 0.158 e. The largest absolute Gasteiger partial charge is 0.382 e. The third kappa shape index (κ3) is 0.772. The third-order valence-corrected chi connectivity index (χ3v) is 1.71. The Balaban J connectivity index is 2.57. The van der Waals surface area contributed by atoms with Crippen LogP contribution in [0.1, 0.15) is 0 Å². The van der Waals surface area contributed by atoms with E-state index in [4.69, 9.17) is 5.73 Å². The van der Waals surface area contributed by atoms with E-state index in [9.17, 15) is 0 Å². The Morgan fingerprint density at radius 1 is 1.64 bits per heavy atom. The molecule has 0 saturated carbocycles. The lowest BCUT2D eigenvalue weighted by atomic mass is 10.4. The maximum Gasteiger partial charge on any atom is 0.158 e. The molecule has 1 aromatic heterocycles. The van der Waals surface area contributed by atoms with Crippen LogP contribution in [0.2, 0.25) is 0 Å². The summed E-state index contributed by atoms with van der Waals surface area (Å²) in [4.78, 5) is 9.92. The first-order chi connectivity index (χ1) is 5.29. The van der Waals surface area contributed by atoms with Crippen LogP contribution in [0.15, 0.2) is 6.33 Å². The molecule has 0 aliphatic carbocycles. The van der Waals surface area contributed by atoms with Crippen molar-refractivity contribution in [2.45, 2.75) is 0 Å². The molecule has 58 valence electrons. The molecule has 0 saturated heterocycles. The van der Waals surface area contributed by atoms with Crippen molar-refractivity contribution < 1.29 is 0 Å². The summed E-state index contributed by atoms with van der Waals surface area (Å²) in [6.45, 7) is 0.748. The summed E-state index contributed by atoms with van der Waals surface area (Å²) in [6, 6.07) is 0. The van der Waals surface area contributed by atoms with Crippen molar-refractivity contribution in [3.63, 3.8) is 0 Å². The molecule has 0 spiro atoms. The Kier molecular flexibility index (Phi) is 1.12. The van der Waals surface area contributed by atoms with Crippen LogP contribution in [-0.4, -0.2) is 23.7 Å². The quantitative estimate of drug-likeness (QED) is 0.541. The second-order valence-corrected chi connectivity index (χ2v) is 2.49. The number of anilines is 3. The van der Waals surface area contributed by atoms with Crippen LogP contribution in [0, 0.1) is 0 Å². The average molecular weight is 151 g/mol. The van der Waals surface area contributed by atoms with Crippen LogP contribution in [0.5, 0.6) is 0 Å². The fourth-order valence-electron chi connectivity index (χ4n) is 1.12. The number of hydrogen-bond donors (Lipinski definition) is 2. The van der Waals surface area contributed by atoms with Gasteiger partial charge in [0.15, 0.2) is 11.6 Å². The van der Waals surface area contributed by atoms with Crippen molar-refractivity contribution in [2.24, 2.45) is 0 Å². The fraction of sp³-hybridized carbons (Fsp3) is 0.333. The summed E-state index contributed by atoms with van der Waals surface area (Å²) >= 11 is 0. The van der Waals surface area contributed by atoms with Crippen LogP contribution in [-0.2, 0) is 0 Å². The molecule has 0 atom stereocenters. The first-order valence-electron chi connectivity index (χ1n) is 3.34. The highest BCUT2D eigenvalue weighted by Crippen LogP contribution is 2.30. The molecule has 0 amide bonds. The summed E-state index contributed by atoms with van der Waals surface area (Å²) in [5.74, 6) is 1.39. The zero-order valence-corrected chi connectivity index (χ0v) is 6.20. The van der Waals surface area contributed by atoms with Crippen molar-refractivity contribution in [3.8, 4) is 0 Å². The fourth-order valence-corrected chi connectivity index (χ4v) is 1.12. The maximum atomic E-state index is 5.59. The summed E-state index contributed by atoms with van der Waals surface area (Å²) < 4.78 is 0. The topological polar surface area (TPSA) is 67.1 Å². The van der Waals surface area contributed by atoms with Crippen LogP contribution in [0.3, 0.4) is 0 Å². The van der Waals surface area contributed by atoms with E-state index in [1.165, 1.54) is 6.33 Å². The minimum Gasteiger partial charge on any atom is -0.382 e. The lowest BCUT2D eigenvalue weighted by Gasteiger charge is -2.06. The lowest BCUT2D eigenvalue weighted by molar-refractivity contribution is 1.00. The van der Waals surface area contributed by atoms with Gasteiger partial charge in [0.25, 0.3) is 0 Å². The monoisotopic (exact) mass is 151 g/mol. The van der Waals surface area contributed by atoms with Crippen LogP contribution >= 0.6 is 0 Å². The molecule has 0 radical (unpaired) electrons. The third-order valence-electron chi connectivity index (χ3n) is 1.71. The molecule has 2 rings (SSSR count). The number of rotatable bonds is 0. The predicted molar refractivity (Wildman–Crippen MR) is 43.3 cm³/mol. The van der Waals surface area contributed by atoms with E-state index < -0.39 is 0 Å². The van der Waals surface area contributed by atoms with Crippen molar-refractivity contribution in [3.05, 3.63) is 6.33 Å². The van der Waals surface area contributed by atoms with E-state index in [2.05, 4.69) is 15.3 Å². The molecule has 1 aromatic rings. The summed E-state index contributed by atoms with van der Waals surface area (Å²) in [5.41, 5.74) is 6.44. The maximum absolute atomic E-state index is 5.59. The Morgan fingerprint density at radius 2 is 2.45 bits per heavy atom. The van der Waals surface area contributed by atoms with E-state index >= 15 is 0 Å². The van der Waals surface area contributed by atoms with Gasteiger partial charge in [-0.2, -0.15) is 0 Å². The first kappa shape index (κ1) is 6.21. The molecular weight excluding hydrogens is 142 g/mol. The highest BCUT2D eigenvalue weighted by atomic mass is 15.3. The van der Waals surface area contributed by atoms with Gasteiger partial charge in [-0.05, 0) is 0 Å². The number of aromatic nitrogens is 2. The van der Waals surface area contributed by atoms with Crippen molar-refractivity contribution in [1.82, 2.24) is 9.97 Å². The molecule has 0 unspecified atom stereocenters. The van der Waals surface area contributed by atoms with Crippen molar-refractivity contribution >= 4 is 17.3 Å². The molecule has 0 bridgehead atoms. The van der Waals surface area contributed by atoms with Gasteiger partial charge in [0, 0.05) is 7.05 Å². The molecule has 2 heterocycles. The second-order valence-electron chi connectivity index (χ2n) is 2.49. The molecule has 1 aliphatic heterocycles. The first-order valence-corrected chi connectivity index (χ1v) is 3.34. The Morgan fingerprint density at radius 3 is 3.18 bits per heavy atom. The van der Waals surface area contributed by atoms with Crippen LogP contribution in [0.4, 0.5) is 17.3 Å². The molecule has 1 aliphatic rings. The number of nitrogens with zero attached hydrogens (tertiary/aromatic N) is 3. The second kappa shape index (κ2) is 1.98. The van der Waals surface area contributed by atoms with Gasteiger partial charge in [-0.25, -0.2) is 9.97 Å². The lowest BCUT2D eigenvalue weighted by Crippen LogP contribution is -2.16. The normalized spacial score (nSPS) is 14.5. The molecule has 11 heavy (non-hydrogen) atoms. The van der Waals surface area contributed by atoms with E-state index in [0.717, 1.165) is 18.2 Å². The van der Waals surface area contributed by atoms with Gasteiger partial charge in [0.1, 0.15) is 12.0 Å². The molecule has 0 fully saturated rings. The molecule has 5 heteroatoms. The SMILES string of the molecule is CN1CNc2c(N)ncnc21. The summed E-state index contributed by atoms with van der Waals surface area (Å²) in [6.07, 6.45) is 1.47. The van der Waals surface area contributed by atoms with Crippen molar-refractivity contribution in [1.29, 1.82) is 0 Å². The van der Waals surface area contributed by atoms with E-state index in [-0.39, 0.29) is 0 Å². The zero-order chi connectivity index (χ0) is 7.84. The van der Waals surface area contributed by atoms with Crippen LogP contribution in [0.25, 0.3) is 0 Å². The summed E-state index contributed by atoms with van der Waals surface area (Å²) in [7, 11) is 1.95. The average Bonchev–Trinajstić information content (AvgIpc) is 2.35. The highest BCUT2D eigenvalue weighted by molar-refractivity contribution is 5.79. The Bertz CT molecular complexity index is 284. The minimum absolute atomic E-state index is 0.513. The molecule has 5 nitrogen and oxygen atoms in total. The Hall–Kier alpha value is -1.52. The predicted octanol–water partition coefficient (Wildman–Crippen LogP) is -0.122. The molecule has 0 aromatic carbocycles. The number of fused-ring (bicyclic) bond motifs is 1. The number of nitrogens with two attached hydrogens (primary N) is 1. The van der Waals surface area contributed by atoms with E-state index in [1.807, 2.05) is 11.9 Å². The minimum atomic E-state index is 0.513. The van der Waals surface area contributed by atoms with Gasteiger partial charge in [-0.15, -0.1) is 0 Å². The zero-order valence-electron chi connectivity index (χ0n) is 6.20. The van der Waals surface area contributed by atoms with Gasteiger partial charge in [-0.1, -0.05) is 0 Å². The van der Waals surface area contributed by atoms with Crippen LogP contribution < -0.4 is 16.0 Å². The van der Waals surface area contributed by atoms with E-state index in [1.54, 1.807) is 0 Å². The van der Waals surface area contributed by atoms with E-state index in [0.29, 0.717) is 5.82 Å². The van der Waals surface area contributed by atoms with Gasteiger partial charge in [0.2, 0.25) is 0 Å². The number of nitrogens with one attached hydrogen (secondary N) is 1. The Labute approximate surface area is 64.2 Å². The number of hydrogen-bond acceptors (Lipinski definition) is 5. The van der Waals surface area contributed by atoms with Crippen molar-refractivity contribution in [2.75, 3.05) is 29.7 Å². The summed E-state index contributed by atoms with van der Waals surface area (Å²) in [5, 5.41) is 3.09. The number of nitrogen functional groups attached to an aromatic ring is 1. The molecular formula is C6H9N5. The molecule has 3 N–H and O–H groups in total.